The number of carbonyl (C=O) groups excluding carboxylic acids is 1. The molecule has 24 heavy (non-hydrogen) atoms. The van der Waals surface area contributed by atoms with Crippen LogP contribution in [0.5, 0.6) is 0 Å². The zero-order valence-electron chi connectivity index (χ0n) is 13.5. The van der Waals surface area contributed by atoms with Crippen molar-refractivity contribution in [3.8, 4) is 11.1 Å². The van der Waals surface area contributed by atoms with Gasteiger partial charge in [-0.1, -0.05) is 50.6 Å². The number of fused-ring (bicyclic) bond motifs is 1. The highest BCUT2D eigenvalue weighted by Gasteiger charge is 2.20. The molecule has 3 aromatic rings. The average molecular weight is 340 g/mol. The molecule has 0 fully saturated rings. The van der Waals surface area contributed by atoms with E-state index >= 15 is 0 Å². The summed E-state index contributed by atoms with van der Waals surface area (Å²) in [4.78, 5) is 21.0. The van der Waals surface area contributed by atoms with Gasteiger partial charge in [-0.25, -0.2) is 9.97 Å². The molecule has 0 aliphatic carbocycles. The summed E-state index contributed by atoms with van der Waals surface area (Å²) in [5.74, 6) is -0.652. The van der Waals surface area contributed by atoms with Crippen LogP contribution in [-0.2, 0) is 4.79 Å². The topological polar surface area (TPSA) is 77.9 Å². The second kappa shape index (κ2) is 6.97. The molecule has 5 nitrogen and oxygen atoms in total. The number of rotatable bonds is 6. The number of nitrogens with zero attached hydrogens (tertiary/aromatic N) is 2. The number of carboxylic acids is 1. The van der Waals surface area contributed by atoms with E-state index < -0.39 is 12.0 Å². The van der Waals surface area contributed by atoms with Crippen LogP contribution in [-0.4, -0.2) is 22.0 Å². The summed E-state index contributed by atoms with van der Waals surface area (Å²) < 4.78 is 0. The molecule has 0 amide bonds. The second-order valence-electron chi connectivity index (χ2n) is 5.74. The van der Waals surface area contributed by atoms with E-state index in [0.29, 0.717) is 5.82 Å². The van der Waals surface area contributed by atoms with E-state index in [1.54, 1.807) is 0 Å². The van der Waals surface area contributed by atoms with Crippen LogP contribution in [0, 0.1) is 5.92 Å². The summed E-state index contributed by atoms with van der Waals surface area (Å²) in [7, 11) is 0. The zero-order valence-corrected chi connectivity index (χ0v) is 14.3. The van der Waals surface area contributed by atoms with Gasteiger partial charge in [-0.3, -0.25) is 0 Å². The number of nitrogens with one attached hydrogen (secondary N) is 1. The monoisotopic (exact) mass is 340 g/mol. The normalized spacial score (nSPS) is 13.6. The fourth-order valence-corrected chi connectivity index (χ4v) is 3.55. The lowest BCUT2D eigenvalue weighted by molar-refractivity contribution is -0.307. The van der Waals surface area contributed by atoms with Gasteiger partial charge in [0.2, 0.25) is 0 Å². The Balaban J connectivity index is 2.08. The third-order valence-electron chi connectivity index (χ3n) is 4.21. The van der Waals surface area contributed by atoms with Gasteiger partial charge in [0.1, 0.15) is 17.0 Å². The first-order valence-electron chi connectivity index (χ1n) is 7.86. The maximum Gasteiger partial charge on any atom is 0.139 e. The van der Waals surface area contributed by atoms with E-state index in [1.807, 2.05) is 49.6 Å². The van der Waals surface area contributed by atoms with Gasteiger partial charge in [0, 0.05) is 10.9 Å². The molecule has 2 heterocycles. The van der Waals surface area contributed by atoms with Crippen molar-refractivity contribution in [2.24, 2.45) is 5.92 Å². The van der Waals surface area contributed by atoms with Gasteiger partial charge in [0.05, 0.1) is 17.4 Å². The molecule has 6 heteroatoms. The van der Waals surface area contributed by atoms with Crippen LogP contribution in [0.4, 0.5) is 5.82 Å². The Hall–Kier alpha value is -2.47. The third-order valence-corrected chi connectivity index (χ3v) is 5.10. The van der Waals surface area contributed by atoms with E-state index in [-0.39, 0.29) is 5.92 Å². The molecule has 1 aromatic carbocycles. The molecule has 0 bridgehead atoms. The van der Waals surface area contributed by atoms with Gasteiger partial charge in [0.25, 0.3) is 0 Å². The fourth-order valence-electron chi connectivity index (χ4n) is 2.63. The van der Waals surface area contributed by atoms with E-state index in [0.717, 1.165) is 27.8 Å². The number of hydrogen-bond donors (Lipinski definition) is 1. The Labute approximate surface area is 144 Å². The summed E-state index contributed by atoms with van der Waals surface area (Å²) >= 11 is 1.52. The highest BCUT2D eigenvalue weighted by atomic mass is 32.1. The lowest BCUT2D eigenvalue weighted by atomic mass is 9.99. The lowest BCUT2D eigenvalue weighted by Gasteiger charge is -2.26. The van der Waals surface area contributed by atoms with Crippen molar-refractivity contribution < 1.29 is 9.90 Å². The highest BCUT2D eigenvalue weighted by Crippen LogP contribution is 2.36. The summed E-state index contributed by atoms with van der Waals surface area (Å²) in [5, 5.41) is 17.5. The zero-order chi connectivity index (χ0) is 17.1. The average Bonchev–Trinajstić information content (AvgIpc) is 3.04. The number of hydrogen-bond acceptors (Lipinski definition) is 6. The van der Waals surface area contributed by atoms with Gasteiger partial charge in [-0.05, 0) is 11.5 Å². The van der Waals surface area contributed by atoms with E-state index in [1.165, 1.54) is 17.7 Å². The van der Waals surface area contributed by atoms with Crippen molar-refractivity contribution in [1.29, 1.82) is 0 Å². The molecule has 0 aliphatic heterocycles. The van der Waals surface area contributed by atoms with Crippen LogP contribution in [0.2, 0.25) is 0 Å². The maximum atomic E-state index is 11.5. The molecule has 0 unspecified atom stereocenters. The first-order valence-corrected chi connectivity index (χ1v) is 8.74. The van der Waals surface area contributed by atoms with Crippen molar-refractivity contribution in [1.82, 2.24) is 9.97 Å². The van der Waals surface area contributed by atoms with Crippen molar-refractivity contribution in [2.75, 3.05) is 5.32 Å². The van der Waals surface area contributed by atoms with Crippen LogP contribution in [0.15, 0.2) is 42.0 Å². The van der Waals surface area contributed by atoms with Gasteiger partial charge in [-0.2, -0.15) is 0 Å². The summed E-state index contributed by atoms with van der Waals surface area (Å²) in [6.07, 6.45) is 2.19. The first kappa shape index (κ1) is 16.4. The summed E-state index contributed by atoms with van der Waals surface area (Å²) in [5.41, 5.74) is 2.05. The van der Waals surface area contributed by atoms with E-state index in [9.17, 15) is 9.90 Å². The number of benzene rings is 1. The Morgan fingerprint density at radius 1 is 1.29 bits per heavy atom. The number of carboxylic acid groups (broad SMARTS) is 1. The van der Waals surface area contributed by atoms with Crippen molar-refractivity contribution >= 4 is 33.3 Å². The third kappa shape index (κ3) is 3.10. The van der Waals surface area contributed by atoms with Gasteiger partial charge in [-0.15, -0.1) is 11.3 Å². The molecule has 2 atom stereocenters. The first-order chi connectivity index (χ1) is 11.6. The molecule has 124 valence electrons. The molecule has 0 spiro atoms. The minimum Gasteiger partial charge on any atom is -0.548 e. The predicted octanol–water partition coefficient (Wildman–Crippen LogP) is 2.93. The number of carbonyl (C=O) groups is 1. The lowest BCUT2D eigenvalue weighted by Crippen LogP contribution is -2.45. The van der Waals surface area contributed by atoms with Crippen LogP contribution in [0.1, 0.15) is 20.3 Å². The van der Waals surface area contributed by atoms with Crippen LogP contribution in [0.25, 0.3) is 21.3 Å². The second-order valence-corrected chi connectivity index (χ2v) is 6.60. The molecule has 0 saturated heterocycles. The van der Waals surface area contributed by atoms with E-state index in [4.69, 9.17) is 0 Å². The Kier molecular flexibility index (Phi) is 4.76. The molecule has 1 N–H and O–H groups in total. The number of thiophene rings is 1. The molecule has 0 aliphatic rings. The molecule has 2 aromatic heterocycles. The minimum atomic E-state index is -1.12. The number of anilines is 1. The van der Waals surface area contributed by atoms with Crippen LogP contribution in [0.3, 0.4) is 0 Å². The largest absolute Gasteiger partial charge is 0.548 e. The van der Waals surface area contributed by atoms with Crippen molar-refractivity contribution in [3.05, 3.63) is 42.0 Å². The van der Waals surface area contributed by atoms with Gasteiger partial charge in [0.15, 0.2) is 0 Å². The summed E-state index contributed by atoms with van der Waals surface area (Å²) in [6, 6.07) is 9.14. The molecular formula is C18H18N3O2S-. The van der Waals surface area contributed by atoms with E-state index in [2.05, 4.69) is 15.3 Å². The van der Waals surface area contributed by atoms with Crippen LogP contribution < -0.4 is 10.4 Å². The smallest absolute Gasteiger partial charge is 0.139 e. The SMILES string of the molecule is CC[C@@H](C)[C@H](Nc1ncnc2scc(-c3ccccc3)c12)C(=O)[O-]. The Morgan fingerprint density at radius 2 is 2.04 bits per heavy atom. The number of aromatic nitrogens is 2. The predicted molar refractivity (Wildman–Crippen MR) is 94.7 cm³/mol. The quantitative estimate of drug-likeness (QED) is 0.746. The van der Waals surface area contributed by atoms with Crippen LogP contribution >= 0.6 is 11.3 Å². The van der Waals surface area contributed by atoms with Crippen molar-refractivity contribution in [2.45, 2.75) is 26.3 Å². The fraction of sp³-hybridized carbons (Fsp3) is 0.278. The molecule has 0 radical (unpaired) electrons. The molecular weight excluding hydrogens is 322 g/mol. The standard InChI is InChI=1S/C18H19N3O2S/c1-3-11(2)15(18(22)23)21-16-14-13(12-7-5-4-6-8-12)9-24-17(14)20-10-19-16/h4-11,15H,3H2,1-2H3,(H,22,23)(H,19,20,21)/p-1/t11-,15+/m1/s1. The summed E-state index contributed by atoms with van der Waals surface area (Å²) in [6.45, 7) is 3.84. The number of aliphatic carboxylic acids is 1. The van der Waals surface area contributed by atoms with Gasteiger partial charge < -0.3 is 15.2 Å². The Bertz CT molecular complexity index is 848. The minimum absolute atomic E-state index is 0.0705. The molecule has 0 saturated carbocycles. The highest BCUT2D eigenvalue weighted by molar-refractivity contribution is 7.17. The van der Waals surface area contributed by atoms with Crippen molar-refractivity contribution in [3.63, 3.8) is 0 Å². The van der Waals surface area contributed by atoms with Gasteiger partial charge >= 0.3 is 0 Å². The Morgan fingerprint density at radius 3 is 2.71 bits per heavy atom. The maximum absolute atomic E-state index is 11.5. The molecule has 3 rings (SSSR count).